The van der Waals surface area contributed by atoms with Gasteiger partial charge in [-0.05, 0) is 24.3 Å². The van der Waals surface area contributed by atoms with Gasteiger partial charge in [0.15, 0.2) is 11.5 Å². The van der Waals surface area contributed by atoms with Crippen LogP contribution in [0.5, 0.6) is 11.5 Å². The fourth-order valence-electron chi connectivity index (χ4n) is 1.29. The number of carbonyl (C=O) groups is 1. The van der Waals surface area contributed by atoms with Gasteiger partial charge in [0.2, 0.25) is 0 Å². The Balaban J connectivity index is 0.000000529. The molecule has 0 spiro atoms. The van der Waals surface area contributed by atoms with Crippen LogP contribution in [0.2, 0.25) is 0 Å². The minimum Gasteiger partial charge on any atom is -0.504 e. The largest absolute Gasteiger partial charge is 0.504 e. The molecule has 0 atom stereocenters. The summed E-state index contributed by atoms with van der Waals surface area (Å²) < 4.78 is 4.89. The quantitative estimate of drug-likeness (QED) is 0.442. The van der Waals surface area contributed by atoms with Crippen molar-refractivity contribution in [2.75, 3.05) is 7.11 Å². The normalized spacial score (nSPS) is 9.14. The summed E-state index contributed by atoms with van der Waals surface area (Å²) in [6.07, 6.45) is 4.77. The molecule has 4 N–H and O–H groups in total. The molecule has 0 saturated heterocycles. The molecule has 8 heteroatoms. The number of para-hydroxylation sites is 1. The van der Waals surface area contributed by atoms with E-state index < -0.39 is 6.03 Å². The second-order valence-electron chi connectivity index (χ2n) is 3.66. The fourth-order valence-corrected chi connectivity index (χ4v) is 1.29. The summed E-state index contributed by atoms with van der Waals surface area (Å²) in [5.41, 5.74) is 7.23. The van der Waals surface area contributed by atoms with Gasteiger partial charge in [-0.15, -0.1) is 0 Å². The smallest absolute Gasteiger partial charge is 0.332 e. The van der Waals surface area contributed by atoms with Crippen molar-refractivity contribution in [2.24, 2.45) is 10.8 Å². The second kappa shape index (κ2) is 11.1. The Bertz CT molecular complexity index is 567. The first-order valence-corrected chi connectivity index (χ1v) is 5.94. The molecule has 2 aromatic rings. The van der Waals surface area contributed by atoms with E-state index in [9.17, 15) is 9.90 Å². The zero-order chi connectivity index (χ0) is 15.5. The Hall–Kier alpha value is -2.57. The van der Waals surface area contributed by atoms with Crippen molar-refractivity contribution in [2.45, 2.75) is 0 Å². The van der Waals surface area contributed by atoms with Crippen LogP contribution in [0.25, 0.3) is 0 Å². The van der Waals surface area contributed by atoms with Crippen molar-refractivity contribution in [3.63, 3.8) is 0 Å². The van der Waals surface area contributed by atoms with Gasteiger partial charge in [0.25, 0.3) is 0 Å². The van der Waals surface area contributed by atoms with E-state index >= 15 is 0 Å². The van der Waals surface area contributed by atoms with Crippen molar-refractivity contribution in [3.8, 4) is 11.5 Å². The van der Waals surface area contributed by atoms with E-state index in [0.717, 1.165) is 0 Å². The maximum atomic E-state index is 10.3. The molecule has 22 heavy (non-hydrogen) atoms. The van der Waals surface area contributed by atoms with Crippen molar-refractivity contribution in [1.29, 1.82) is 0 Å². The zero-order valence-corrected chi connectivity index (χ0v) is 12.7. The molecule has 0 aliphatic heterocycles. The summed E-state index contributed by atoms with van der Waals surface area (Å²) in [6.45, 7) is 0. The van der Waals surface area contributed by atoms with E-state index in [-0.39, 0.29) is 22.8 Å². The van der Waals surface area contributed by atoms with Crippen LogP contribution < -0.4 is 15.9 Å². The molecule has 0 aliphatic rings. The van der Waals surface area contributed by atoms with E-state index in [0.29, 0.717) is 11.3 Å². The van der Waals surface area contributed by atoms with Crippen LogP contribution in [0.15, 0.2) is 53.9 Å². The van der Waals surface area contributed by atoms with Crippen molar-refractivity contribution in [3.05, 3.63) is 54.4 Å². The standard InChI is InChI=1S/C9H11N3O3.C5H5N.Cu/c1-15-7-4-2-3-6(8(7)13)5-11-12-9(10)14;1-2-4-6-5-3-1;/h2-5,13H,1H3,(H3,10,12,14);1-5H;/b11-5+;;. The number of aromatic nitrogens is 1. The Kier molecular flexibility index (Phi) is 9.83. The van der Waals surface area contributed by atoms with E-state index in [1.54, 1.807) is 30.6 Å². The molecule has 121 valence electrons. The van der Waals surface area contributed by atoms with Gasteiger partial charge in [0.1, 0.15) is 0 Å². The number of hydrazone groups is 1. The van der Waals surface area contributed by atoms with Crippen LogP contribution in [-0.4, -0.2) is 29.4 Å². The average molecular weight is 352 g/mol. The van der Waals surface area contributed by atoms with Crippen LogP contribution in [-0.2, 0) is 17.1 Å². The molecule has 1 aromatic carbocycles. The molecule has 0 unspecified atom stereocenters. The van der Waals surface area contributed by atoms with Gasteiger partial charge in [-0.25, -0.2) is 10.2 Å². The van der Waals surface area contributed by atoms with Crippen LogP contribution in [0.1, 0.15) is 5.56 Å². The van der Waals surface area contributed by atoms with Gasteiger partial charge in [0, 0.05) is 35.0 Å². The number of ether oxygens (including phenoxy) is 1. The summed E-state index contributed by atoms with van der Waals surface area (Å²) in [6, 6.07) is 9.85. The van der Waals surface area contributed by atoms with E-state index in [1.807, 2.05) is 23.6 Å². The summed E-state index contributed by atoms with van der Waals surface area (Å²) in [7, 11) is 1.44. The monoisotopic (exact) mass is 351 g/mol. The Morgan fingerprint density at radius 2 is 2.00 bits per heavy atom. The van der Waals surface area contributed by atoms with Gasteiger partial charge in [-0.3, -0.25) is 4.98 Å². The maximum Gasteiger partial charge on any atom is 0.332 e. The summed E-state index contributed by atoms with van der Waals surface area (Å²) in [5, 5.41) is 13.1. The molecule has 1 aromatic heterocycles. The van der Waals surface area contributed by atoms with Gasteiger partial charge in [-0.2, -0.15) is 5.10 Å². The number of primary amides is 1. The molecule has 1 radical (unpaired) electrons. The van der Waals surface area contributed by atoms with Crippen molar-refractivity contribution < 1.29 is 31.7 Å². The van der Waals surface area contributed by atoms with E-state index in [2.05, 4.69) is 10.1 Å². The molecule has 2 amide bonds. The molecule has 0 bridgehead atoms. The number of nitrogens with zero attached hydrogens (tertiary/aromatic N) is 2. The Labute approximate surface area is 138 Å². The molecular weight excluding hydrogens is 336 g/mol. The van der Waals surface area contributed by atoms with Crippen LogP contribution >= 0.6 is 0 Å². The number of carbonyl (C=O) groups excluding carboxylic acids is 1. The second-order valence-corrected chi connectivity index (χ2v) is 3.66. The molecule has 1 heterocycles. The summed E-state index contributed by atoms with van der Waals surface area (Å²) >= 11 is 0. The van der Waals surface area contributed by atoms with Gasteiger partial charge in [-0.1, -0.05) is 12.1 Å². The third-order valence-corrected chi connectivity index (χ3v) is 2.19. The van der Waals surface area contributed by atoms with Crippen LogP contribution in [0.4, 0.5) is 4.79 Å². The molecule has 0 fully saturated rings. The number of aromatic hydroxyl groups is 1. The van der Waals surface area contributed by atoms with Crippen LogP contribution in [0, 0.1) is 0 Å². The fraction of sp³-hybridized carbons (Fsp3) is 0.0714. The summed E-state index contributed by atoms with van der Waals surface area (Å²) in [5.74, 6) is 0.285. The first-order chi connectivity index (χ1) is 10.1. The summed E-state index contributed by atoms with van der Waals surface area (Å²) in [4.78, 5) is 14.1. The molecular formula is C14H16CuN4O3. The number of nitrogens with one attached hydrogen (secondary N) is 1. The predicted octanol–water partition coefficient (Wildman–Crippen LogP) is 1.48. The number of rotatable bonds is 3. The van der Waals surface area contributed by atoms with Crippen molar-refractivity contribution in [1.82, 2.24) is 10.4 Å². The predicted molar refractivity (Wildman–Crippen MR) is 79.2 cm³/mol. The van der Waals surface area contributed by atoms with Crippen molar-refractivity contribution >= 4 is 12.2 Å². The van der Waals surface area contributed by atoms with E-state index in [1.165, 1.54) is 13.3 Å². The van der Waals surface area contributed by atoms with Gasteiger partial charge in [0.05, 0.1) is 13.3 Å². The first-order valence-electron chi connectivity index (χ1n) is 5.94. The number of hydrogen-bond donors (Lipinski definition) is 3. The SMILES string of the molecule is COc1cccc(/C=N/NC(N)=O)c1O.[Cu].c1ccncc1. The average Bonchev–Trinajstić information content (AvgIpc) is 2.51. The van der Waals surface area contributed by atoms with Crippen LogP contribution in [0.3, 0.4) is 0 Å². The molecule has 7 nitrogen and oxygen atoms in total. The zero-order valence-electron chi connectivity index (χ0n) is 11.7. The van der Waals surface area contributed by atoms with E-state index in [4.69, 9.17) is 10.5 Å². The van der Waals surface area contributed by atoms with Gasteiger partial charge < -0.3 is 15.6 Å². The number of methoxy groups -OCH3 is 1. The Morgan fingerprint density at radius 1 is 1.32 bits per heavy atom. The number of hydrogen-bond acceptors (Lipinski definition) is 5. The molecule has 0 aliphatic carbocycles. The number of phenols is 1. The third-order valence-electron chi connectivity index (χ3n) is 2.19. The minimum atomic E-state index is -0.770. The number of pyridine rings is 1. The number of urea groups is 1. The van der Waals surface area contributed by atoms with Gasteiger partial charge >= 0.3 is 6.03 Å². The number of nitrogens with two attached hydrogens (primary N) is 1. The number of phenolic OH excluding ortho intramolecular Hbond substituents is 1. The molecule has 2 rings (SSSR count). The Morgan fingerprint density at radius 3 is 2.45 bits per heavy atom. The maximum absolute atomic E-state index is 10.3. The minimum absolute atomic E-state index is 0. The first kappa shape index (κ1) is 19.4. The topological polar surface area (TPSA) is 110 Å². The molecule has 0 saturated carbocycles. The third kappa shape index (κ3) is 7.28. The number of benzene rings is 1. The number of amides is 2.